The third kappa shape index (κ3) is 4.41. The second kappa shape index (κ2) is 7.45. The molecule has 5 nitrogen and oxygen atoms in total. The normalized spacial score (nSPS) is 11.7. The number of aromatic amines is 1. The van der Waals surface area contributed by atoms with Crippen LogP contribution in [0.4, 0.5) is 19.0 Å². The second-order valence-electron chi connectivity index (χ2n) is 5.75. The number of anilines is 1. The maximum absolute atomic E-state index is 12.5. The van der Waals surface area contributed by atoms with Gasteiger partial charge in [0.1, 0.15) is 5.82 Å². The number of nitrogens with zero attached hydrogens (tertiary/aromatic N) is 2. The molecule has 0 atom stereocenters. The third-order valence-electron chi connectivity index (χ3n) is 3.88. The Balaban J connectivity index is 1.68. The molecule has 138 valence electrons. The summed E-state index contributed by atoms with van der Waals surface area (Å²) in [5.41, 5.74) is 2.06. The number of H-pyrrole nitrogens is 1. The summed E-state index contributed by atoms with van der Waals surface area (Å²) in [4.78, 5) is 16.0. The van der Waals surface area contributed by atoms with E-state index in [-0.39, 0.29) is 0 Å². The molecule has 27 heavy (non-hydrogen) atoms. The van der Waals surface area contributed by atoms with Crippen LogP contribution in [0, 0.1) is 6.92 Å². The van der Waals surface area contributed by atoms with Gasteiger partial charge >= 0.3 is 6.18 Å². The number of rotatable bonds is 4. The Kier molecular flexibility index (Phi) is 5.07. The van der Waals surface area contributed by atoms with Gasteiger partial charge in [0, 0.05) is 29.6 Å². The number of hydrogen-bond donors (Lipinski definition) is 2. The summed E-state index contributed by atoms with van der Waals surface area (Å²) in [7, 11) is 0. The van der Waals surface area contributed by atoms with Gasteiger partial charge in [-0.15, -0.1) is 0 Å². The number of benzene rings is 1. The lowest BCUT2D eigenvalue weighted by Crippen LogP contribution is -2.09. The van der Waals surface area contributed by atoms with Crippen LogP contribution in [0.2, 0.25) is 0 Å². The first-order chi connectivity index (χ1) is 12.8. The Bertz CT molecular complexity index is 961. The summed E-state index contributed by atoms with van der Waals surface area (Å²) in [5, 5.41) is 9.62. The highest BCUT2D eigenvalue weighted by Gasteiger charge is 2.29. The molecular formula is C19H15F3N4O. The first-order valence-electron chi connectivity index (χ1n) is 7.96. The van der Waals surface area contributed by atoms with Crippen molar-refractivity contribution in [2.45, 2.75) is 13.1 Å². The van der Waals surface area contributed by atoms with Gasteiger partial charge in [-0.1, -0.05) is 12.1 Å². The van der Waals surface area contributed by atoms with Gasteiger partial charge < -0.3 is 5.32 Å². The van der Waals surface area contributed by atoms with Gasteiger partial charge in [-0.25, -0.2) is 0 Å². The SMILES string of the molecule is Cc1c(-c2ccncc2)n[nH]c1NC(=O)C=Cc1ccc(C(F)(F)F)cc1. The molecule has 0 radical (unpaired) electrons. The number of aromatic nitrogens is 3. The van der Waals surface area contributed by atoms with Crippen molar-refractivity contribution in [1.29, 1.82) is 0 Å². The van der Waals surface area contributed by atoms with Crippen LogP contribution in [0.15, 0.2) is 54.9 Å². The summed E-state index contributed by atoms with van der Waals surface area (Å²) >= 11 is 0. The molecule has 0 aliphatic heterocycles. The molecule has 1 aromatic carbocycles. The molecule has 2 aromatic heterocycles. The van der Waals surface area contributed by atoms with E-state index in [0.29, 0.717) is 17.1 Å². The maximum atomic E-state index is 12.5. The van der Waals surface area contributed by atoms with Gasteiger partial charge in [0.15, 0.2) is 0 Å². The zero-order valence-electron chi connectivity index (χ0n) is 14.2. The van der Waals surface area contributed by atoms with Crippen molar-refractivity contribution in [2.24, 2.45) is 0 Å². The van der Waals surface area contributed by atoms with Crippen molar-refractivity contribution in [2.75, 3.05) is 5.32 Å². The van der Waals surface area contributed by atoms with E-state index < -0.39 is 17.6 Å². The lowest BCUT2D eigenvalue weighted by molar-refractivity contribution is -0.137. The fraction of sp³-hybridized carbons (Fsp3) is 0.105. The summed E-state index contributed by atoms with van der Waals surface area (Å²) in [6.07, 6.45) is 1.59. The highest BCUT2D eigenvalue weighted by Crippen LogP contribution is 2.29. The van der Waals surface area contributed by atoms with E-state index in [4.69, 9.17) is 0 Å². The molecule has 3 rings (SSSR count). The first kappa shape index (κ1) is 18.4. The number of pyridine rings is 1. The minimum Gasteiger partial charge on any atom is -0.307 e. The van der Waals surface area contributed by atoms with Crippen LogP contribution in [-0.2, 0) is 11.0 Å². The van der Waals surface area contributed by atoms with Gasteiger partial charge in [0.2, 0.25) is 5.91 Å². The van der Waals surface area contributed by atoms with Crippen LogP contribution in [0.25, 0.3) is 17.3 Å². The van der Waals surface area contributed by atoms with Gasteiger partial charge in [0.05, 0.1) is 11.3 Å². The number of halogens is 3. The molecule has 1 amide bonds. The number of hydrogen-bond acceptors (Lipinski definition) is 3. The lowest BCUT2D eigenvalue weighted by Gasteiger charge is -2.06. The van der Waals surface area contributed by atoms with Crippen LogP contribution in [0.5, 0.6) is 0 Å². The van der Waals surface area contributed by atoms with E-state index >= 15 is 0 Å². The number of amides is 1. The van der Waals surface area contributed by atoms with Crippen LogP contribution < -0.4 is 5.32 Å². The Morgan fingerprint density at radius 1 is 1.11 bits per heavy atom. The number of nitrogens with one attached hydrogen (secondary N) is 2. The second-order valence-corrected chi connectivity index (χ2v) is 5.75. The fourth-order valence-corrected chi connectivity index (χ4v) is 2.43. The zero-order chi connectivity index (χ0) is 19.4. The van der Waals surface area contributed by atoms with Crippen molar-refractivity contribution < 1.29 is 18.0 Å². The largest absolute Gasteiger partial charge is 0.416 e. The van der Waals surface area contributed by atoms with Gasteiger partial charge in [-0.3, -0.25) is 14.9 Å². The van der Waals surface area contributed by atoms with E-state index in [2.05, 4.69) is 20.5 Å². The fourth-order valence-electron chi connectivity index (χ4n) is 2.43. The van der Waals surface area contributed by atoms with E-state index in [1.165, 1.54) is 24.3 Å². The van der Waals surface area contributed by atoms with E-state index in [1.54, 1.807) is 24.5 Å². The van der Waals surface area contributed by atoms with Crippen LogP contribution in [0.3, 0.4) is 0 Å². The van der Waals surface area contributed by atoms with Crippen molar-refractivity contribution in [3.05, 3.63) is 71.6 Å². The molecular weight excluding hydrogens is 357 g/mol. The van der Waals surface area contributed by atoms with Crippen molar-refractivity contribution in [3.8, 4) is 11.3 Å². The topological polar surface area (TPSA) is 70.7 Å². The summed E-state index contributed by atoms with van der Waals surface area (Å²) in [6, 6.07) is 8.15. The van der Waals surface area contributed by atoms with Crippen LogP contribution >= 0.6 is 0 Å². The average Bonchev–Trinajstić information content (AvgIpc) is 3.01. The first-order valence-corrected chi connectivity index (χ1v) is 7.96. The molecule has 0 unspecified atom stereocenters. The average molecular weight is 372 g/mol. The van der Waals surface area contributed by atoms with E-state index in [1.807, 2.05) is 6.92 Å². The van der Waals surface area contributed by atoms with E-state index in [9.17, 15) is 18.0 Å². The number of carbonyl (C=O) groups is 1. The molecule has 0 fully saturated rings. The molecule has 0 saturated carbocycles. The van der Waals surface area contributed by atoms with E-state index in [0.717, 1.165) is 23.3 Å². The van der Waals surface area contributed by atoms with Gasteiger partial charge in [-0.2, -0.15) is 18.3 Å². The quantitative estimate of drug-likeness (QED) is 0.665. The minimum atomic E-state index is -4.38. The predicted octanol–water partition coefficient (Wildman–Crippen LogP) is 4.45. The molecule has 2 N–H and O–H groups in total. The highest BCUT2D eigenvalue weighted by molar-refractivity contribution is 6.02. The highest BCUT2D eigenvalue weighted by atomic mass is 19.4. The van der Waals surface area contributed by atoms with Gasteiger partial charge in [-0.05, 0) is 42.8 Å². The molecule has 0 saturated heterocycles. The summed E-state index contributed by atoms with van der Waals surface area (Å²) in [6.45, 7) is 1.81. The van der Waals surface area contributed by atoms with Crippen molar-refractivity contribution in [3.63, 3.8) is 0 Å². The molecule has 0 aliphatic rings. The minimum absolute atomic E-state index is 0.428. The maximum Gasteiger partial charge on any atom is 0.416 e. The van der Waals surface area contributed by atoms with Crippen molar-refractivity contribution >= 4 is 17.8 Å². The standard InChI is InChI=1S/C19H15F3N4O/c1-12-17(14-8-10-23-11-9-14)25-26-18(12)24-16(27)7-4-13-2-5-15(6-3-13)19(20,21)22/h2-11H,1H3,(H2,24,25,26,27). The molecule has 8 heteroatoms. The third-order valence-corrected chi connectivity index (χ3v) is 3.88. The number of carbonyl (C=O) groups excluding carboxylic acids is 1. The molecule has 0 aliphatic carbocycles. The predicted molar refractivity (Wildman–Crippen MR) is 95.7 cm³/mol. The molecule has 0 bridgehead atoms. The lowest BCUT2D eigenvalue weighted by atomic mass is 10.1. The smallest absolute Gasteiger partial charge is 0.307 e. The number of alkyl halides is 3. The van der Waals surface area contributed by atoms with Gasteiger partial charge in [0.25, 0.3) is 0 Å². The Morgan fingerprint density at radius 3 is 2.41 bits per heavy atom. The van der Waals surface area contributed by atoms with Crippen LogP contribution in [-0.4, -0.2) is 21.1 Å². The Hall–Kier alpha value is -3.42. The molecule has 3 aromatic rings. The molecule has 2 heterocycles. The summed E-state index contributed by atoms with van der Waals surface area (Å²) in [5.74, 6) is 0.0202. The Labute approximate surface area is 153 Å². The zero-order valence-corrected chi connectivity index (χ0v) is 14.2. The van der Waals surface area contributed by atoms with Crippen molar-refractivity contribution in [1.82, 2.24) is 15.2 Å². The Morgan fingerprint density at radius 2 is 1.78 bits per heavy atom. The summed E-state index contributed by atoms with van der Waals surface area (Å²) < 4.78 is 37.6. The van der Waals surface area contributed by atoms with Crippen LogP contribution in [0.1, 0.15) is 16.7 Å². The monoisotopic (exact) mass is 372 g/mol. The molecule has 0 spiro atoms.